The highest BCUT2D eigenvalue weighted by atomic mass is 16.6. The molecule has 1 aliphatic carbocycles. The molecule has 0 aromatic rings. The van der Waals surface area contributed by atoms with Gasteiger partial charge >= 0.3 is 12.1 Å². The highest BCUT2D eigenvalue weighted by Crippen LogP contribution is 2.48. The fourth-order valence-corrected chi connectivity index (χ4v) is 2.50. The fraction of sp³-hybridized carbons (Fsp3) is 0.778. The number of carbonyl (C=O) groups is 2. The maximum absolute atomic E-state index is 11.5. The summed E-state index contributed by atoms with van der Waals surface area (Å²) in [7, 11) is 1.27. The lowest BCUT2D eigenvalue weighted by molar-refractivity contribution is -0.143. The van der Waals surface area contributed by atoms with Gasteiger partial charge in [-0.1, -0.05) is 0 Å². The van der Waals surface area contributed by atoms with Crippen LogP contribution in [0, 0.1) is 5.92 Å². The van der Waals surface area contributed by atoms with E-state index in [1.807, 2.05) is 0 Å². The van der Waals surface area contributed by atoms with Crippen LogP contribution in [0.1, 0.15) is 6.42 Å². The highest BCUT2D eigenvalue weighted by molar-refractivity contribution is 5.84. The van der Waals surface area contributed by atoms with E-state index < -0.39 is 12.1 Å². The summed E-state index contributed by atoms with van der Waals surface area (Å²) in [5.74, 6) is -0.343. The van der Waals surface area contributed by atoms with E-state index in [1.54, 1.807) is 0 Å². The Morgan fingerprint density at radius 2 is 2.33 bits per heavy atom. The molecule has 3 fully saturated rings. The van der Waals surface area contributed by atoms with E-state index in [1.165, 1.54) is 7.11 Å². The predicted octanol–water partition coefficient (Wildman–Crippen LogP) is -0.576. The summed E-state index contributed by atoms with van der Waals surface area (Å²) in [5, 5.41) is 2.50. The minimum Gasteiger partial charge on any atom is -0.458 e. The lowest BCUT2D eigenvalue weighted by Crippen LogP contribution is -2.42. The molecular weight excluding hydrogens is 202 g/mol. The van der Waals surface area contributed by atoms with Gasteiger partial charge in [0.1, 0.15) is 18.2 Å². The van der Waals surface area contributed by atoms with E-state index in [4.69, 9.17) is 9.47 Å². The summed E-state index contributed by atoms with van der Waals surface area (Å²) in [5.41, 5.74) is 0. The second-order valence-electron chi connectivity index (χ2n) is 4.05. The fourth-order valence-electron chi connectivity index (χ4n) is 2.50. The van der Waals surface area contributed by atoms with Gasteiger partial charge in [-0.3, -0.25) is 0 Å². The topological polar surface area (TPSA) is 77.2 Å². The van der Waals surface area contributed by atoms with Gasteiger partial charge in [0.2, 0.25) is 0 Å². The third kappa shape index (κ3) is 1.21. The van der Waals surface area contributed by atoms with Gasteiger partial charge in [-0.05, 0) is 6.42 Å². The molecule has 2 aliphatic heterocycles. The molecule has 0 bridgehead atoms. The van der Waals surface area contributed by atoms with Crippen LogP contribution in [0.3, 0.4) is 0 Å². The van der Waals surface area contributed by atoms with Crippen molar-refractivity contribution in [3.63, 3.8) is 0 Å². The predicted molar refractivity (Wildman–Crippen MR) is 46.0 cm³/mol. The average Bonchev–Trinajstić information content (AvgIpc) is 2.82. The zero-order valence-electron chi connectivity index (χ0n) is 8.14. The Balaban J connectivity index is 1.72. The number of methoxy groups -OCH3 is 1. The molecule has 3 aliphatic rings. The Morgan fingerprint density at radius 3 is 3.07 bits per heavy atom. The van der Waals surface area contributed by atoms with E-state index in [-0.39, 0.29) is 30.2 Å². The number of amides is 1. The molecule has 82 valence electrons. The van der Waals surface area contributed by atoms with Gasteiger partial charge in [-0.2, -0.15) is 0 Å². The van der Waals surface area contributed by atoms with Gasteiger partial charge < -0.3 is 19.5 Å². The van der Waals surface area contributed by atoms with Gasteiger partial charge in [0.25, 0.3) is 0 Å². The maximum atomic E-state index is 11.5. The number of hydrogen-bond donors (Lipinski definition) is 1. The molecule has 2 saturated heterocycles. The first kappa shape index (κ1) is 8.96. The van der Waals surface area contributed by atoms with Crippen LogP contribution < -0.4 is 5.32 Å². The van der Waals surface area contributed by atoms with Crippen molar-refractivity contribution in [3.8, 4) is 0 Å². The van der Waals surface area contributed by atoms with Gasteiger partial charge in [0.15, 0.2) is 0 Å². The molecule has 0 spiro atoms. The average molecular weight is 213 g/mol. The van der Waals surface area contributed by atoms with Crippen LogP contribution >= 0.6 is 0 Å². The number of fused-ring (bicyclic) bond motifs is 3. The smallest absolute Gasteiger partial charge is 0.407 e. The number of esters is 1. The Morgan fingerprint density at radius 1 is 1.53 bits per heavy atom. The second kappa shape index (κ2) is 2.85. The Bertz CT molecular complexity index is 330. The van der Waals surface area contributed by atoms with Crippen LogP contribution in [0.5, 0.6) is 0 Å². The van der Waals surface area contributed by atoms with Crippen molar-refractivity contribution in [3.05, 3.63) is 0 Å². The van der Waals surface area contributed by atoms with Crippen LogP contribution in [0.15, 0.2) is 0 Å². The van der Waals surface area contributed by atoms with Crippen molar-refractivity contribution in [1.29, 1.82) is 0 Å². The van der Waals surface area contributed by atoms with Gasteiger partial charge in [0.05, 0.1) is 13.2 Å². The zero-order chi connectivity index (χ0) is 10.6. The lowest BCUT2D eigenvalue weighted by Gasteiger charge is -2.15. The quantitative estimate of drug-likeness (QED) is 0.466. The first-order valence-electron chi connectivity index (χ1n) is 4.91. The summed E-state index contributed by atoms with van der Waals surface area (Å²) >= 11 is 0. The van der Waals surface area contributed by atoms with Crippen LogP contribution in [0.25, 0.3) is 0 Å². The van der Waals surface area contributed by atoms with Crippen molar-refractivity contribution in [2.45, 2.75) is 30.8 Å². The molecule has 6 heteroatoms. The molecule has 1 N–H and O–H groups in total. The maximum Gasteiger partial charge on any atom is 0.407 e. The first-order chi connectivity index (χ1) is 7.20. The normalized spacial score (nSPS) is 45.4. The number of epoxide rings is 1. The van der Waals surface area contributed by atoms with E-state index >= 15 is 0 Å². The van der Waals surface area contributed by atoms with Gasteiger partial charge in [-0.25, -0.2) is 9.59 Å². The molecule has 6 nitrogen and oxygen atoms in total. The Kier molecular flexibility index (Phi) is 1.70. The number of alkyl carbamates (subject to hydrolysis) is 1. The largest absolute Gasteiger partial charge is 0.458 e. The molecule has 15 heavy (non-hydrogen) atoms. The highest BCUT2D eigenvalue weighted by Gasteiger charge is 2.64. The Labute approximate surface area is 85.9 Å². The summed E-state index contributed by atoms with van der Waals surface area (Å²) in [6.07, 6.45) is 0.276. The summed E-state index contributed by atoms with van der Waals surface area (Å²) in [6, 6.07) is -0.571. The summed E-state index contributed by atoms with van der Waals surface area (Å²) in [6.45, 7) is 0. The molecule has 0 radical (unpaired) electrons. The lowest BCUT2D eigenvalue weighted by atomic mass is 9.98. The number of ether oxygens (including phenoxy) is 3. The third-order valence-corrected chi connectivity index (χ3v) is 3.27. The number of nitrogens with one attached hydrogen (secondary N) is 1. The Hall–Kier alpha value is -1.30. The first-order valence-corrected chi connectivity index (χ1v) is 4.91. The second-order valence-corrected chi connectivity index (χ2v) is 4.05. The molecule has 0 aromatic heterocycles. The van der Waals surface area contributed by atoms with Crippen LogP contribution in [-0.4, -0.2) is 43.5 Å². The van der Waals surface area contributed by atoms with Crippen molar-refractivity contribution in [1.82, 2.24) is 5.32 Å². The summed E-state index contributed by atoms with van der Waals surface area (Å²) in [4.78, 5) is 22.5. The number of hydrogen-bond acceptors (Lipinski definition) is 5. The van der Waals surface area contributed by atoms with Crippen molar-refractivity contribution in [2.75, 3.05) is 7.11 Å². The number of carbonyl (C=O) groups excluding carboxylic acids is 2. The van der Waals surface area contributed by atoms with Gasteiger partial charge in [0, 0.05) is 5.92 Å². The minimum absolute atomic E-state index is 0.0420. The zero-order valence-corrected chi connectivity index (χ0v) is 8.14. The van der Waals surface area contributed by atoms with Gasteiger partial charge in [-0.15, -0.1) is 0 Å². The van der Waals surface area contributed by atoms with E-state index in [9.17, 15) is 9.59 Å². The standard InChI is InChI=1S/C9H11NO5/c1-13-9(12)10-5-3-2-4-7(14-4)6(3)15-8(5)11/h3-7H,2H2,1H3,(H,10,12). The molecular formula is C9H11NO5. The number of rotatable bonds is 1. The van der Waals surface area contributed by atoms with Crippen molar-refractivity contribution in [2.24, 2.45) is 5.92 Å². The van der Waals surface area contributed by atoms with E-state index in [0.717, 1.165) is 6.42 Å². The molecule has 1 saturated carbocycles. The van der Waals surface area contributed by atoms with E-state index in [0.29, 0.717) is 0 Å². The summed E-state index contributed by atoms with van der Waals surface area (Å²) < 4.78 is 14.9. The molecule has 0 aromatic carbocycles. The van der Waals surface area contributed by atoms with Crippen molar-refractivity contribution < 1.29 is 23.8 Å². The SMILES string of the molecule is COC(=O)NC1C(=O)OC2C1CC1OC12. The molecule has 5 unspecified atom stereocenters. The van der Waals surface area contributed by atoms with Crippen molar-refractivity contribution >= 4 is 12.1 Å². The third-order valence-electron chi connectivity index (χ3n) is 3.27. The molecule has 2 heterocycles. The van der Waals surface area contributed by atoms with Crippen LogP contribution in [0.2, 0.25) is 0 Å². The van der Waals surface area contributed by atoms with Crippen LogP contribution in [0.4, 0.5) is 4.79 Å². The molecule has 1 amide bonds. The van der Waals surface area contributed by atoms with E-state index in [2.05, 4.69) is 10.1 Å². The molecule has 3 rings (SSSR count). The monoisotopic (exact) mass is 213 g/mol. The van der Waals surface area contributed by atoms with Crippen LogP contribution in [-0.2, 0) is 19.0 Å². The minimum atomic E-state index is -0.598. The molecule has 5 atom stereocenters.